The number of hydrogen-bond acceptors (Lipinski definition) is 5. The largest absolute Gasteiger partial charge is 0.740 e. The number of rotatable bonds is 4. The third-order valence-corrected chi connectivity index (χ3v) is 1.57. The molecule has 0 aliphatic rings. The SMILES string of the molecule is O=[N+]([O-])Nc1ccc(OS(=O)[O-])cc1. The first kappa shape index (κ1) is 10.4. The van der Waals surface area contributed by atoms with E-state index in [1.807, 2.05) is 5.43 Å². The van der Waals surface area contributed by atoms with Crippen LogP contribution in [0.2, 0.25) is 0 Å². The summed E-state index contributed by atoms with van der Waals surface area (Å²) in [6, 6.07) is 5.24. The molecule has 0 heterocycles. The van der Waals surface area contributed by atoms with Crippen LogP contribution in [0.4, 0.5) is 5.69 Å². The van der Waals surface area contributed by atoms with Gasteiger partial charge in [0.25, 0.3) is 0 Å². The lowest BCUT2D eigenvalue weighted by Crippen LogP contribution is -2.07. The summed E-state index contributed by atoms with van der Waals surface area (Å²) in [6.07, 6.45) is 0. The van der Waals surface area contributed by atoms with Gasteiger partial charge in [0.1, 0.15) is 22.8 Å². The second kappa shape index (κ2) is 4.53. The highest BCUT2D eigenvalue weighted by Gasteiger charge is 1.99. The molecule has 0 aliphatic heterocycles. The smallest absolute Gasteiger partial charge is 0.162 e. The maximum Gasteiger partial charge on any atom is 0.162 e. The second-order valence-corrected chi connectivity index (χ2v) is 2.76. The number of nitrogens with zero attached hydrogens (tertiary/aromatic N) is 1. The van der Waals surface area contributed by atoms with Gasteiger partial charge >= 0.3 is 0 Å². The fraction of sp³-hybridized carbons (Fsp3) is 0. The Kier molecular flexibility index (Phi) is 3.37. The van der Waals surface area contributed by atoms with E-state index < -0.39 is 16.4 Å². The van der Waals surface area contributed by atoms with Crippen LogP contribution in [0.15, 0.2) is 24.3 Å². The number of hydrazine groups is 1. The summed E-state index contributed by atoms with van der Waals surface area (Å²) in [5, 5.41) is 9.28. The zero-order valence-corrected chi connectivity index (χ0v) is 7.52. The number of anilines is 1. The molecule has 1 rings (SSSR count). The summed E-state index contributed by atoms with van der Waals surface area (Å²) in [7, 11) is 0. The summed E-state index contributed by atoms with van der Waals surface area (Å²) in [6.45, 7) is 0. The Bertz CT molecular complexity index is 317. The average molecular weight is 217 g/mol. The van der Waals surface area contributed by atoms with Crippen LogP contribution in [0.3, 0.4) is 0 Å². The Balaban J connectivity index is 2.68. The summed E-state index contributed by atoms with van der Waals surface area (Å²) in [5.41, 5.74) is 2.13. The van der Waals surface area contributed by atoms with Crippen LogP contribution in [0, 0.1) is 10.1 Å². The van der Waals surface area contributed by atoms with Gasteiger partial charge in [0.15, 0.2) is 5.03 Å². The average Bonchev–Trinajstić information content (AvgIpc) is 2.06. The van der Waals surface area contributed by atoms with Crippen molar-refractivity contribution >= 4 is 17.0 Å². The van der Waals surface area contributed by atoms with Gasteiger partial charge in [-0.1, -0.05) is 0 Å². The first-order valence-electron chi connectivity index (χ1n) is 3.36. The molecule has 1 aromatic carbocycles. The van der Waals surface area contributed by atoms with Crippen molar-refractivity contribution in [3.05, 3.63) is 34.4 Å². The monoisotopic (exact) mass is 217 g/mol. The Labute approximate surface area is 81.3 Å². The van der Waals surface area contributed by atoms with E-state index in [2.05, 4.69) is 4.18 Å². The van der Waals surface area contributed by atoms with Crippen molar-refractivity contribution in [3.8, 4) is 5.75 Å². The van der Waals surface area contributed by atoms with Crippen LogP contribution in [0.25, 0.3) is 0 Å². The van der Waals surface area contributed by atoms with Gasteiger partial charge in [-0.25, -0.2) is 14.3 Å². The highest BCUT2D eigenvalue weighted by molar-refractivity contribution is 7.74. The molecule has 0 saturated heterocycles. The first-order chi connectivity index (χ1) is 6.58. The lowest BCUT2D eigenvalue weighted by atomic mass is 10.3. The van der Waals surface area contributed by atoms with E-state index in [0.29, 0.717) is 0 Å². The fourth-order valence-corrected chi connectivity index (χ4v) is 1.04. The van der Waals surface area contributed by atoms with Crippen molar-refractivity contribution in [2.75, 3.05) is 5.43 Å². The molecule has 8 heteroatoms. The van der Waals surface area contributed by atoms with E-state index in [9.17, 15) is 18.9 Å². The molecule has 1 atom stereocenters. The second-order valence-electron chi connectivity index (χ2n) is 2.18. The summed E-state index contributed by atoms with van der Waals surface area (Å²) in [4.78, 5) is 10.00. The van der Waals surface area contributed by atoms with Crippen LogP contribution < -0.4 is 9.61 Å². The first-order valence-corrected chi connectivity index (χ1v) is 4.36. The number of nitrogens with one attached hydrogen (secondary N) is 1. The van der Waals surface area contributed by atoms with E-state index in [0.717, 1.165) is 0 Å². The topological polar surface area (TPSA) is 105 Å². The molecule has 76 valence electrons. The summed E-state index contributed by atoms with van der Waals surface area (Å²) >= 11 is -2.64. The van der Waals surface area contributed by atoms with Gasteiger partial charge in [0, 0.05) is 0 Å². The van der Waals surface area contributed by atoms with Gasteiger partial charge < -0.3 is 8.74 Å². The summed E-state index contributed by atoms with van der Waals surface area (Å²) in [5.74, 6) is 0.0900. The van der Waals surface area contributed by atoms with Crippen LogP contribution in [0.5, 0.6) is 5.75 Å². The molecule has 14 heavy (non-hydrogen) atoms. The fourth-order valence-electron chi connectivity index (χ4n) is 0.769. The van der Waals surface area contributed by atoms with E-state index in [4.69, 9.17) is 0 Å². The lowest BCUT2D eigenvalue weighted by Gasteiger charge is -2.06. The Morgan fingerprint density at radius 2 is 1.93 bits per heavy atom. The zero-order valence-electron chi connectivity index (χ0n) is 6.71. The molecule has 1 aromatic rings. The van der Waals surface area contributed by atoms with Crippen LogP contribution >= 0.6 is 0 Å². The molecule has 1 N–H and O–H groups in total. The molecule has 7 nitrogen and oxygen atoms in total. The van der Waals surface area contributed by atoms with Gasteiger partial charge in [0.05, 0.1) is 0 Å². The van der Waals surface area contributed by atoms with E-state index >= 15 is 0 Å². The van der Waals surface area contributed by atoms with Crippen molar-refractivity contribution in [1.29, 1.82) is 0 Å². The van der Waals surface area contributed by atoms with Gasteiger partial charge in [-0.3, -0.25) is 0 Å². The molecule has 0 fully saturated rings. The molecule has 0 spiro atoms. The molecule has 0 aromatic heterocycles. The van der Waals surface area contributed by atoms with Crippen LogP contribution in [-0.4, -0.2) is 13.8 Å². The molecule has 0 amide bonds. The Morgan fingerprint density at radius 3 is 2.36 bits per heavy atom. The van der Waals surface area contributed by atoms with Crippen LogP contribution in [-0.2, 0) is 11.4 Å². The van der Waals surface area contributed by atoms with Crippen LogP contribution in [0.1, 0.15) is 0 Å². The highest BCUT2D eigenvalue weighted by atomic mass is 32.2. The number of nitro groups is 1. The Hall–Kier alpha value is -1.67. The maximum atomic E-state index is 10.1. The third kappa shape index (κ3) is 3.37. The zero-order chi connectivity index (χ0) is 10.6. The predicted octanol–water partition coefficient (Wildman–Crippen LogP) is 0.463. The number of hydrogen-bond donors (Lipinski definition) is 1. The highest BCUT2D eigenvalue weighted by Crippen LogP contribution is 2.15. The van der Waals surface area contributed by atoms with Crippen molar-refractivity contribution in [1.82, 2.24) is 0 Å². The molecule has 0 saturated carbocycles. The molecule has 0 radical (unpaired) electrons. The summed E-state index contributed by atoms with van der Waals surface area (Å²) < 4.78 is 24.5. The van der Waals surface area contributed by atoms with Gasteiger partial charge in [-0.05, 0) is 24.3 Å². The predicted molar refractivity (Wildman–Crippen MR) is 46.6 cm³/mol. The quantitative estimate of drug-likeness (QED) is 0.446. The van der Waals surface area contributed by atoms with Crippen molar-refractivity contribution < 1.29 is 18.0 Å². The maximum absolute atomic E-state index is 10.1. The molecule has 0 aliphatic carbocycles. The van der Waals surface area contributed by atoms with Crippen molar-refractivity contribution in [2.45, 2.75) is 0 Å². The molecular weight excluding hydrogens is 212 g/mol. The van der Waals surface area contributed by atoms with Gasteiger partial charge in [-0.15, -0.1) is 5.43 Å². The van der Waals surface area contributed by atoms with E-state index in [1.54, 1.807) is 0 Å². The third-order valence-electron chi connectivity index (χ3n) is 1.24. The van der Waals surface area contributed by atoms with E-state index in [1.165, 1.54) is 24.3 Å². The van der Waals surface area contributed by atoms with Gasteiger partial charge in [0.2, 0.25) is 0 Å². The minimum atomic E-state index is -2.64. The van der Waals surface area contributed by atoms with Crippen molar-refractivity contribution in [2.24, 2.45) is 0 Å². The van der Waals surface area contributed by atoms with Crippen molar-refractivity contribution in [3.63, 3.8) is 0 Å². The Morgan fingerprint density at radius 1 is 1.36 bits per heavy atom. The molecule has 0 bridgehead atoms. The minimum absolute atomic E-state index is 0.0900. The number of benzene rings is 1. The lowest BCUT2D eigenvalue weighted by molar-refractivity contribution is -0.445. The van der Waals surface area contributed by atoms with E-state index in [-0.39, 0.29) is 11.4 Å². The normalized spacial score (nSPS) is 11.8. The molecule has 1 unspecified atom stereocenters. The standard InChI is InChI=1S/C6H6N2O5S/c9-8(10)7-5-1-3-6(4-2-5)13-14(11)12/h1-4,7H,(H,11,12)/p-1. The molecular formula is C6H5N2O5S-. The van der Waals surface area contributed by atoms with Gasteiger partial charge in [-0.2, -0.15) is 0 Å². The minimum Gasteiger partial charge on any atom is -0.740 e.